The number of fused-ring (bicyclic) bond motifs is 1. The van der Waals surface area contributed by atoms with Crippen molar-refractivity contribution in [1.29, 1.82) is 0 Å². The number of rotatable bonds is 7. The van der Waals surface area contributed by atoms with Crippen molar-refractivity contribution in [2.75, 3.05) is 19.1 Å². The lowest BCUT2D eigenvalue weighted by Crippen LogP contribution is -2.29. The normalized spacial score (nSPS) is 13.2. The third kappa shape index (κ3) is 3.55. The molecule has 2 aromatic rings. The second-order valence-corrected chi connectivity index (χ2v) is 7.37. The van der Waals surface area contributed by atoms with Crippen LogP contribution in [-0.4, -0.2) is 30.0 Å². The minimum Gasteiger partial charge on any atom is -0.326 e. The van der Waals surface area contributed by atoms with Crippen molar-refractivity contribution in [3.05, 3.63) is 34.7 Å². The fourth-order valence-electron chi connectivity index (χ4n) is 2.40. The number of nitrogens with zero attached hydrogens (tertiary/aromatic N) is 1. The highest BCUT2D eigenvalue weighted by Crippen LogP contribution is 2.32. The zero-order valence-corrected chi connectivity index (χ0v) is 14.2. The smallest absolute Gasteiger partial charge is 0.0349 e. The zero-order chi connectivity index (χ0) is 14.5. The van der Waals surface area contributed by atoms with Crippen molar-refractivity contribution in [2.45, 2.75) is 32.5 Å². The van der Waals surface area contributed by atoms with Gasteiger partial charge in [-0.1, -0.05) is 18.2 Å². The molecule has 2 rings (SSSR count). The summed E-state index contributed by atoms with van der Waals surface area (Å²) in [5.41, 5.74) is 7.36. The van der Waals surface area contributed by atoms with Gasteiger partial charge in [-0.05, 0) is 49.4 Å². The summed E-state index contributed by atoms with van der Waals surface area (Å²) in [5, 5.41) is 1.38. The lowest BCUT2D eigenvalue weighted by Gasteiger charge is -2.25. The first-order valence-corrected chi connectivity index (χ1v) is 9.27. The number of hydrogen-bond donors (Lipinski definition) is 1. The van der Waals surface area contributed by atoms with Gasteiger partial charge < -0.3 is 5.73 Å². The summed E-state index contributed by atoms with van der Waals surface area (Å²) in [4.78, 5) is 3.78. The summed E-state index contributed by atoms with van der Waals surface area (Å²) in [6.07, 6.45) is 3.41. The average molecular weight is 309 g/mol. The molecule has 0 aliphatic heterocycles. The molecule has 0 aliphatic rings. The van der Waals surface area contributed by atoms with Crippen molar-refractivity contribution < 1.29 is 0 Å². The lowest BCUT2D eigenvalue weighted by molar-refractivity contribution is 0.245. The third-order valence-electron chi connectivity index (χ3n) is 3.87. The highest BCUT2D eigenvalue weighted by atomic mass is 32.2. The van der Waals surface area contributed by atoms with Crippen LogP contribution in [0.3, 0.4) is 0 Å². The van der Waals surface area contributed by atoms with Crippen LogP contribution in [0.2, 0.25) is 0 Å². The van der Waals surface area contributed by atoms with Gasteiger partial charge in [-0.2, -0.15) is 11.8 Å². The number of nitrogens with two attached hydrogens (primary N) is 1. The molecule has 2 nitrogen and oxygen atoms in total. The number of hydrogen-bond acceptors (Lipinski definition) is 4. The van der Waals surface area contributed by atoms with E-state index < -0.39 is 0 Å². The Kier molecular flexibility index (Phi) is 5.90. The lowest BCUT2D eigenvalue weighted by atomic mass is 10.1. The summed E-state index contributed by atoms with van der Waals surface area (Å²) >= 11 is 3.76. The van der Waals surface area contributed by atoms with E-state index in [2.05, 4.69) is 49.4 Å². The molecular weight excluding hydrogens is 284 g/mol. The second-order valence-electron chi connectivity index (χ2n) is 5.25. The fourth-order valence-corrected chi connectivity index (χ4v) is 4.07. The minimum absolute atomic E-state index is 0.603. The van der Waals surface area contributed by atoms with Crippen LogP contribution in [0.15, 0.2) is 24.3 Å². The van der Waals surface area contributed by atoms with Crippen molar-refractivity contribution in [2.24, 2.45) is 5.73 Å². The van der Waals surface area contributed by atoms with E-state index in [0.29, 0.717) is 12.6 Å². The Morgan fingerprint density at radius 3 is 2.80 bits per heavy atom. The van der Waals surface area contributed by atoms with Crippen LogP contribution < -0.4 is 5.73 Å². The Morgan fingerprint density at radius 2 is 2.10 bits per heavy atom. The van der Waals surface area contributed by atoms with Gasteiger partial charge in [-0.15, -0.1) is 11.3 Å². The SMILES string of the molecule is CSCCC(C)N(C)Cc1c(CN)sc2ccccc12. The van der Waals surface area contributed by atoms with Crippen molar-refractivity contribution in [3.8, 4) is 0 Å². The summed E-state index contributed by atoms with van der Waals surface area (Å²) in [6.45, 7) is 3.95. The van der Waals surface area contributed by atoms with Gasteiger partial charge in [0.05, 0.1) is 0 Å². The van der Waals surface area contributed by atoms with Crippen LogP contribution in [0.1, 0.15) is 23.8 Å². The van der Waals surface area contributed by atoms with Gasteiger partial charge in [-0.25, -0.2) is 0 Å². The van der Waals surface area contributed by atoms with E-state index in [1.165, 1.54) is 32.7 Å². The monoisotopic (exact) mass is 308 g/mol. The van der Waals surface area contributed by atoms with E-state index in [1.54, 1.807) is 0 Å². The summed E-state index contributed by atoms with van der Waals surface area (Å²) < 4.78 is 1.35. The molecule has 0 radical (unpaired) electrons. The van der Waals surface area contributed by atoms with Crippen LogP contribution in [0.5, 0.6) is 0 Å². The molecule has 1 heterocycles. The molecule has 20 heavy (non-hydrogen) atoms. The van der Waals surface area contributed by atoms with Gasteiger partial charge in [0.1, 0.15) is 0 Å². The zero-order valence-electron chi connectivity index (χ0n) is 12.6. The molecule has 1 aromatic carbocycles. The molecule has 0 saturated carbocycles. The van der Waals surface area contributed by atoms with Crippen LogP contribution in [0.25, 0.3) is 10.1 Å². The van der Waals surface area contributed by atoms with E-state index in [4.69, 9.17) is 5.73 Å². The first-order chi connectivity index (χ1) is 9.67. The van der Waals surface area contributed by atoms with Crippen molar-refractivity contribution in [3.63, 3.8) is 0 Å². The highest BCUT2D eigenvalue weighted by Gasteiger charge is 2.15. The van der Waals surface area contributed by atoms with Crippen LogP contribution in [-0.2, 0) is 13.1 Å². The molecule has 1 atom stereocenters. The highest BCUT2D eigenvalue weighted by molar-refractivity contribution is 7.98. The molecule has 0 fully saturated rings. The Bertz CT molecular complexity index is 550. The fraction of sp³-hybridized carbons (Fsp3) is 0.500. The molecule has 0 bridgehead atoms. The van der Waals surface area contributed by atoms with Crippen LogP contribution >= 0.6 is 23.1 Å². The van der Waals surface area contributed by atoms with E-state index in [1.807, 2.05) is 23.1 Å². The van der Waals surface area contributed by atoms with Crippen LogP contribution in [0.4, 0.5) is 0 Å². The average Bonchev–Trinajstić information content (AvgIpc) is 2.82. The standard InChI is InChI=1S/C16H24N2S2/c1-12(8-9-19-3)18(2)11-14-13-6-4-5-7-15(13)20-16(14)10-17/h4-7,12H,8-11,17H2,1-3H3. The Morgan fingerprint density at radius 1 is 1.35 bits per heavy atom. The van der Waals surface area contributed by atoms with Gasteiger partial charge in [-0.3, -0.25) is 4.90 Å². The van der Waals surface area contributed by atoms with Gasteiger partial charge in [0.15, 0.2) is 0 Å². The molecule has 0 spiro atoms. The Balaban J connectivity index is 2.19. The number of thiophene rings is 1. The molecule has 4 heteroatoms. The third-order valence-corrected chi connectivity index (χ3v) is 5.75. The molecule has 0 aliphatic carbocycles. The molecule has 0 saturated heterocycles. The molecule has 110 valence electrons. The maximum atomic E-state index is 5.94. The quantitative estimate of drug-likeness (QED) is 0.840. The maximum absolute atomic E-state index is 5.94. The van der Waals surface area contributed by atoms with Gasteiger partial charge in [0.25, 0.3) is 0 Å². The van der Waals surface area contributed by atoms with Crippen LogP contribution in [0, 0.1) is 0 Å². The summed E-state index contributed by atoms with van der Waals surface area (Å²) in [7, 11) is 2.22. The summed E-state index contributed by atoms with van der Waals surface area (Å²) in [5.74, 6) is 1.22. The molecule has 0 amide bonds. The first kappa shape index (κ1) is 15.8. The van der Waals surface area contributed by atoms with Gasteiger partial charge in [0.2, 0.25) is 0 Å². The van der Waals surface area contributed by atoms with Gasteiger partial charge in [0, 0.05) is 28.7 Å². The van der Waals surface area contributed by atoms with Crippen molar-refractivity contribution in [1.82, 2.24) is 4.90 Å². The first-order valence-electron chi connectivity index (χ1n) is 7.06. The molecule has 1 aromatic heterocycles. The maximum Gasteiger partial charge on any atom is 0.0349 e. The van der Waals surface area contributed by atoms with Crippen molar-refractivity contribution >= 4 is 33.2 Å². The number of thioether (sulfide) groups is 1. The Labute approximate surface area is 130 Å². The van der Waals surface area contributed by atoms with Gasteiger partial charge >= 0.3 is 0 Å². The molecule has 2 N–H and O–H groups in total. The van der Waals surface area contributed by atoms with E-state index in [0.717, 1.165) is 6.54 Å². The second kappa shape index (κ2) is 7.46. The largest absolute Gasteiger partial charge is 0.326 e. The van der Waals surface area contributed by atoms with E-state index >= 15 is 0 Å². The van der Waals surface area contributed by atoms with E-state index in [-0.39, 0.29) is 0 Å². The number of benzene rings is 1. The molecular formula is C16H24N2S2. The Hall–Kier alpha value is -0.550. The predicted molar refractivity (Wildman–Crippen MR) is 93.6 cm³/mol. The summed E-state index contributed by atoms with van der Waals surface area (Å²) in [6, 6.07) is 9.25. The van der Waals surface area contributed by atoms with E-state index in [9.17, 15) is 0 Å². The topological polar surface area (TPSA) is 29.3 Å². The molecule has 1 unspecified atom stereocenters. The predicted octanol–water partition coefficient (Wildman–Crippen LogP) is 3.93. The minimum atomic E-state index is 0.603.